The number of nitrogens with two attached hydrogens (primary N) is 1. The van der Waals surface area contributed by atoms with Gasteiger partial charge in [-0.1, -0.05) is 36.8 Å². The van der Waals surface area contributed by atoms with Gasteiger partial charge < -0.3 is 15.6 Å². The van der Waals surface area contributed by atoms with E-state index < -0.39 is 0 Å². The Morgan fingerprint density at radius 2 is 2.00 bits per heavy atom. The summed E-state index contributed by atoms with van der Waals surface area (Å²) in [6.45, 7) is 5.53. The fourth-order valence-corrected chi connectivity index (χ4v) is 3.80. The van der Waals surface area contributed by atoms with Crippen molar-refractivity contribution in [3.63, 3.8) is 0 Å². The van der Waals surface area contributed by atoms with Gasteiger partial charge >= 0.3 is 0 Å². The maximum absolute atomic E-state index is 12.7. The Kier molecular flexibility index (Phi) is 5.05. The minimum Gasteiger partial charge on any atom is -0.349 e. The number of hydrogen-bond acceptors (Lipinski definition) is 2. The van der Waals surface area contributed by atoms with E-state index in [-0.39, 0.29) is 11.9 Å². The van der Waals surface area contributed by atoms with Crippen LogP contribution in [0, 0.1) is 19.8 Å². The molecule has 1 amide bonds. The van der Waals surface area contributed by atoms with E-state index in [1.807, 2.05) is 31.2 Å². The molecule has 1 aliphatic rings. The van der Waals surface area contributed by atoms with Crippen molar-refractivity contribution in [1.29, 1.82) is 0 Å². The van der Waals surface area contributed by atoms with Crippen molar-refractivity contribution in [3.8, 4) is 0 Å². The SMILES string of the molecule is Cc1cc(C(=O)NC2CCCC2CN)c(C)n1Cc1ccccc1. The molecule has 24 heavy (non-hydrogen) atoms. The van der Waals surface area contributed by atoms with E-state index in [0.29, 0.717) is 12.5 Å². The predicted octanol–water partition coefficient (Wildman–Crippen LogP) is 3.01. The third-order valence-corrected chi connectivity index (χ3v) is 5.28. The second kappa shape index (κ2) is 7.22. The molecule has 3 rings (SSSR count). The highest BCUT2D eigenvalue weighted by atomic mass is 16.1. The van der Waals surface area contributed by atoms with E-state index in [9.17, 15) is 4.79 Å². The fourth-order valence-electron chi connectivity index (χ4n) is 3.80. The van der Waals surface area contributed by atoms with Crippen LogP contribution in [0.4, 0.5) is 0 Å². The summed E-state index contributed by atoms with van der Waals surface area (Å²) in [6, 6.07) is 12.6. The monoisotopic (exact) mass is 325 g/mol. The Balaban J connectivity index is 1.77. The van der Waals surface area contributed by atoms with Crippen molar-refractivity contribution in [3.05, 3.63) is 58.9 Å². The summed E-state index contributed by atoms with van der Waals surface area (Å²) in [5.74, 6) is 0.453. The number of rotatable bonds is 5. The van der Waals surface area contributed by atoms with Gasteiger partial charge in [0.05, 0.1) is 5.56 Å². The van der Waals surface area contributed by atoms with E-state index in [4.69, 9.17) is 5.73 Å². The molecule has 0 aliphatic heterocycles. The number of aromatic nitrogens is 1. The van der Waals surface area contributed by atoms with Gasteiger partial charge in [-0.15, -0.1) is 0 Å². The third-order valence-electron chi connectivity index (χ3n) is 5.28. The topological polar surface area (TPSA) is 60.1 Å². The van der Waals surface area contributed by atoms with Crippen molar-refractivity contribution < 1.29 is 4.79 Å². The van der Waals surface area contributed by atoms with Gasteiger partial charge in [-0.2, -0.15) is 0 Å². The summed E-state index contributed by atoms with van der Waals surface area (Å²) in [5.41, 5.74) is 9.99. The number of benzene rings is 1. The van der Waals surface area contributed by atoms with Crippen LogP contribution in [-0.4, -0.2) is 23.1 Å². The van der Waals surface area contributed by atoms with Crippen LogP contribution in [-0.2, 0) is 6.54 Å². The normalized spacial score (nSPS) is 20.3. The minimum absolute atomic E-state index is 0.0350. The number of carbonyl (C=O) groups excluding carboxylic acids is 1. The molecule has 1 fully saturated rings. The molecule has 1 saturated carbocycles. The van der Waals surface area contributed by atoms with Crippen LogP contribution in [0.15, 0.2) is 36.4 Å². The van der Waals surface area contributed by atoms with Gasteiger partial charge in [-0.05, 0) is 50.8 Å². The zero-order valence-electron chi connectivity index (χ0n) is 14.6. The first-order valence-corrected chi connectivity index (χ1v) is 8.81. The summed E-state index contributed by atoms with van der Waals surface area (Å²) in [5, 5.41) is 3.21. The second-order valence-electron chi connectivity index (χ2n) is 6.86. The summed E-state index contributed by atoms with van der Waals surface area (Å²) in [7, 11) is 0. The summed E-state index contributed by atoms with van der Waals surface area (Å²) in [4.78, 5) is 12.7. The van der Waals surface area contributed by atoms with Gasteiger partial charge in [0, 0.05) is 24.0 Å². The Bertz CT molecular complexity index is 705. The molecular formula is C20H27N3O. The fraction of sp³-hybridized carbons (Fsp3) is 0.450. The Labute approximate surface area is 144 Å². The van der Waals surface area contributed by atoms with Crippen LogP contribution in [0.2, 0.25) is 0 Å². The molecule has 2 atom stereocenters. The van der Waals surface area contributed by atoms with Gasteiger partial charge in [0.1, 0.15) is 0 Å². The average molecular weight is 325 g/mol. The van der Waals surface area contributed by atoms with Crippen molar-refractivity contribution in [2.75, 3.05) is 6.54 Å². The average Bonchev–Trinajstić information content (AvgIpc) is 3.15. The van der Waals surface area contributed by atoms with Crippen molar-refractivity contribution in [2.45, 2.75) is 45.7 Å². The lowest BCUT2D eigenvalue weighted by Crippen LogP contribution is -2.40. The zero-order valence-corrected chi connectivity index (χ0v) is 14.6. The molecule has 0 radical (unpaired) electrons. The molecule has 1 aromatic heterocycles. The van der Waals surface area contributed by atoms with Crippen LogP contribution in [0.5, 0.6) is 0 Å². The molecule has 4 heteroatoms. The van der Waals surface area contributed by atoms with E-state index in [1.54, 1.807) is 0 Å². The molecule has 4 nitrogen and oxygen atoms in total. The number of carbonyl (C=O) groups is 1. The van der Waals surface area contributed by atoms with Gasteiger partial charge in [0.25, 0.3) is 5.91 Å². The van der Waals surface area contributed by atoms with Crippen LogP contribution < -0.4 is 11.1 Å². The smallest absolute Gasteiger partial charge is 0.253 e. The molecule has 1 aromatic carbocycles. The highest BCUT2D eigenvalue weighted by molar-refractivity contribution is 5.96. The van der Waals surface area contributed by atoms with Crippen LogP contribution in [0.25, 0.3) is 0 Å². The molecule has 128 valence electrons. The molecular weight excluding hydrogens is 298 g/mol. The Morgan fingerprint density at radius 3 is 2.71 bits per heavy atom. The number of aryl methyl sites for hydroxylation is 1. The molecule has 0 saturated heterocycles. The molecule has 2 unspecified atom stereocenters. The first kappa shape index (κ1) is 16.8. The van der Waals surface area contributed by atoms with E-state index in [1.165, 1.54) is 5.56 Å². The largest absolute Gasteiger partial charge is 0.349 e. The van der Waals surface area contributed by atoms with Crippen LogP contribution in [0.3, 0.4) is 0 Å². The second-order valence-corrected chi connectivity index (χ2v) is 6.86. The molecule has 0 bridgehead atoms. The predicted molar refractivity (Wildman–Crippen MR) is 97.1 cm³/mol. The van der Waals surface area contributed by atoms with E-state index in [0.717, 1.165) is 42.8 Å². The van der Waals surface area contributed by atoms with Crippen molar-refractivity contribution in [2.24, 2.45) is 11.7 Å². The highest BCUT2D eigenvalue weighted by Gasteiger charge is 2.28. The van der Waals surface area contributed by atoms with Gasteiger partial charge in [-0.3, -0.25) is 4.79 Å². The van der Waals surface area contributed by atoms with Crippen molar-refractivity contribution >= 4 is 5.91 Å². The minimum atomic E-state index is 0.0350. The Morgan fingerprint density at radius 1 is 1.25 bits per heavy atom. The standard InChI is InChI=1S/C20H27N3O/c1-14-11-18(20(24)22-19-10-6-9-17(19)12-21)15(2)23(14)13-16-7-4-3-5-8-16/h3-5,7-8,11,17,19H,6,9-10,12-13,21H2,1-2H3,(H,22,24). The van der Waals surface area contributed by atoms with E-state index in [2.05, 4.69) is 28.9 Å². The van der Waals surface area contributed by atoms with Gasteiger partial charge in [0.15, 0.2) is 0 Å². The lowest BCUT2D eigenvalue weighted by atomic mass is 10.0. The van der Waals surface area contributed by atoms with Crippen molar-refractivity contribution in [1.82, 2.24) is 9.88 Å². The number of amides is 1. The summed E-state index contributed by atoms with van der Waals surface area (Å²) < 4.78 is 2.21. The van der Waals surface area contributed by atoms with Crippen LogP contribution >= 0.6 is 0 Å². The number of nitrogens with zero attached hydrogens (tertiary/aromatic N) is 1. The highest BCUT2D eigenvalue weighted by Crippen LogP contribution is 2.25. The zero-order chi connectivity index (χ0) is 17.1. The summed E-state index contributed by atoms with van der Waals surface area (Å²) >= 11 is 0. The maximum Gasteiger partial charge on any atom is 0.253 e. The molecule has 1 aliphatic carbocycles. The number of hydrogen-bond donors (Lipinski definition) is 2. The molecule has 1 heterocycles. The first-order valence-electron chi connectivity index (χ1n) is 8.81. The lowest BCUT2D eigenvalue weighted by Gasteiger charge is -2.19. The summed E-state index contributed by atoms with van der Waals surface area (Å²) in [6.07, 6.45) is 3.31. The first-order chi connectivity index (χ1) is 11.6. The lowest BCUT2D eigenvalue weighted by molar-refractivity contribution is 0.0928. The third kappa shape index (κ3) is 3.39. The number of nitrogens with one attached hydrogen (secondary N) is 1. The quantitative estimate of drug-likeness (QED) is 0.888. The molecule has 3 N–H and O–H groups in total. The van der Waals surface area contributed by atoms with Gasteiger partial charge in [0.2, 0.25) is 0 Å². The Hall–Kier alpha value is -2.07. The maximum atomic E-state index is 12.7. The molecule has 2 aromatic rings. The van der Waals surface area contributed by atoms with Crippen LogP contribution in [0.1, 0.15) is 46.6 Å². The van der Waals surface area contributed by atoms with Gasteiger partial charge in [-0.25, -0.2) is 0 Å². The van der Waals surface area contributed by atoms with E-state index >= 15 is 0 Å². The molecule has 0 spiro atoms.